The van der Waals surface area contributed by atoms with E-state index >= 15 is 0 Å². The lowest BCUT2D eigenvalue weighted by atomic mass is 9.87. The second-order valence-electron chi connectivity index (χ2n) is 6.44. The zero-order valence-electron chi connectivity index (χ0n) is 15.1. The minimum absolute atomic E-state index is 0.150. The van der Waals surface area contributed by atoms with E-state index in [1.807, 2.05) is 0 Å². The van der Waals surface area contributed by atoms with Gasteiger partial charge in [0.1, 0.15) is 0 Å². The van der Waals surface area contributed by atoms with Crippen molar-refractivity contribution in [3.63, 3.8) is 0 Å². The zero-order chi connectivity index (χ0) is 17.3. The summed E-state index contributed by atoms with van der Waals surface area (Å²) in [5.74, 6) is 1.84. The van der Waals surface area contributed by atoms with Crippen molar-refractivity contribution in [1.82, 2.24) is 14.9 Å². The minimum Gasteiger partial charge on any atom is -0.357 e. The molecule has 0 aromatic rings. The van der Waals surface area contributed by atoms with E-state index in [1.54, 1.807) is 14.0 Å². The highest BCUT2D eigenvalue weighted by molar-refractivity contribution is 7.89. The lowest BCUT2D eigenvalue weighted by Crippen LogP contribution is -2.44. The van der Waals surface area contributed by atoms with Gasteiger partial charge in [-0.1, -0.05) is 6.92 Å². The fourth-order valence-corrected chi connectivity index (χ4v) is 3.61. The molecule has 2 N–H and O–H groups in total. The highest BCUT2D eigenvalue weighted by Gasteiger charge is 2.19. The van der Waals surface area contributed by atoms with Crippen LogP contribution in [0.3, 0.4) is 0 Å². The van der Waals surface area contributed by atoms with Gasteiger partial charge in [-0.05, 0) is 51.9 Å². The van der Waals surface area contributed by atoms with Crippen molar-refractivity contribution in [2.45, 2.75) is 58.9 Å². The van der Waals surface area contributed by atoms with Crippen molar-refractivity contribution in [3.8, 4) is 0 Å². The van der Waals surface area contributed by atoms with Gasteiger partial charge in [0, 0.05) is 32.7 Å². The summed E-state index contributed by atoms with van der Waals surface area (Å²) in [5.41, 5.74) is 0. The smallest absolute Gasteiger partial charge is 0.213 e. The van der Waals surface area contributed by atoms with E-state index in [2.05, 4.69) is 29.5 Å². The van der Waals surface area contributed by atoms with E-state index in [-0.39, 0.29) is 5.75 Å². The second kappa shape index (κ2) is 10.1. The monoisotopic (exact) mass is 346 g/mol. The average Bonchev–Trinajstić information content (AvgIpc) is 2.53. The predicted molar refractivity (Wildman–Crippen MR) is 97.2 cm³/mol. The van der Waals surface area contributed by atoms with Gasteiger partial charge in [0.25, 0.3) is 0 Å². The third-order valence-electron chi connectivity index (χ3n) is 4.44. The molecule has 0 aromatic heterocycles. The van der Waals surface area contributed by atoms with Gasteiger partial charge in [0.2, 0.25) is 10.0 Å². The second-order valence-corrected chi connectivity index (χ2v) is 8.80. The Morgan fingerprint density at radius 1 is 1.22 bits per heavy atom. The highest BCUT2D eigenvalue weighted by atomic mass is 32.2. The van der Waals surface area contributed by atoms with Crippen LogP contribution in [-0.2, 0) is 10.0 Å². The fraction of sp³-hybridized carbons (Fsp3) is 0.938. The van der Waals surface area contributed by atoms with E-state index in [9.17, 15) is 8.42 Å². The molecule has 7 heteroatoms. The first kappa shape index (κ1) is 20.2. The molecule has 0 aromatic carbocycles. The van der Waals surface area contributed by atoms with Crippen molar-refractivity contribution < 1.29 is 8.42 Å². The van der Waals surface area contributed by atoms with Crippen molar-refractivity contribution >= 4 is 16.0 Å². The van der Waals surface area contributed by atoms with Crippen molar-refractivity contribution in [2.75, 3.05) is 32.4 Å². The fourth-order valence-electron chi connectivity index (χ4n) is 2.76. The summed E-state index contributed by atoms with van der Waals surface area (Å²) in [5, 5.41) is 6.79. The number of rotatable bonds is 8. The van der Waals surface area contributed by atoms with Crippen molar-refractivity contribution in [2.24, 2.45) is 10.9 Å². The lowest BCUT2D eigenvalue weighted by molar-refractivity contribution is 0.329. The van der Waals surface area contributed by atoms with E-state index in [0.717, 1.165) is 24.8 Å². The molecule has 0 bridgehead atoms. The number of nitrogens with one attached hydrogen (secondary N) is 2. The van der Waals surface area contributed by atoms with Crippen LogP contribution in [-0.4, -0.2) is 57.2 Å². The summed E-state index contributed by atoms with van der Waals surface area (Å²) in [6.45, 7) is 8.02. The molecule has 0 saturated heterocycles. The molecule has 0 heterocycles. The maximum atomic E-state index is 11.7. The average molecular weight is 347 g/mol. The molecular weight excluding hydrogens is 312 g/mol. The molecule has 1 saturated carbocycles. The molecule has 0 unspecified atom stereocenters. The van der Waals surface area contributed by atoms with Crippen LogP contribution < -0.4 is 10.6 Å². The normalized spacial score (nSPS) is 23.1. The topological polar surface area (TPSA) is 73.8 Å². The van der Waals surface area contributed by atoms with Crippen LogP contribution in [0.4, 0.5) is 0 Å². The molecule has 136 valence electrons. The minimum atomic E-state index is -3.08. The molecule has 1 fully saturated rings. The van der Waals surface area contributed by atoms with Crippen LogP contribution in [0.1, 0.15) is 52.9 Å². The first-order chi connectivity index (χ1) is 10.9. The quantitative estimate of drug-likeness (QED) is 0.399. The summed E-state index contributed by atoms with van der Waals surface area (Å²) in [4.78, 5) is 4.58. The van der Waals surface area contributed by atoms with Gasteiger partial charge in [-0.15, -0.1) is 0 Å². The first-order valence-corrected chi connectivity index (χ1v) is 10.5. The Kier molecular flexibility index (Phi) is 8.91. The molecule has 0 spiro atoms. The summed E-state index contributed by atoms with van der Waals surface area (Å²) in [7, 11) is -1.45. The van der Waals surface area contributed by atoms with Crippen molar-refractivity contribution in [1.29, 1.82) is 0 Å². The van der Waals surface area contributed by atoms with Crippen LogP contribution in [0.25, 0.3) is 0 Å². The lowest BCUT2D eigenvalue weighted by Gasteiger charge is -2.28. The van der Waals surface area contributed by atoms with Crippen molar-refractivity contribution in [3.05, 3.63) is 0 Å². The standard InChI is InChI=1S/C16H34N4O2S/c1-5-17-16(19-15-10-8-14(3)9-11-15)18-12-7-13-20(4)23(21,22)6-2/h14-15H,5-13H2,1-4H3,(H2,17,18,19). The highest BCUT2D eigenvalue weighted by Crippen LogP contribution is 2.23. The predicted octanol–water partition coefficient (Wildman–Crippen LogP) is 1.79. The Morgan fingerprint density at radius 2 is 1.87 bits per heavy atom. The summed E-state index contributed by atoms with van der Waals surface area (Å²) < 4.78 is 24.8. The maximum Gasteiger partial charge on any atom is 0.213 e. The number of hydrogen-bond donors (Lipinski definition) is 2. The Hall–Kier alpha value is -0.820. The maximum absolute atomic E-state index is 11.7. The Bertz CT molecular complexity index is 457. The molecule has 1 rings (SSSR count). The van der Waals surface area contributed by atoms with E-state index in [4.69, 9.17) is 0 Å². The van der Waals surface area contributed by atoms with Crippen LogP contribution in [0.5, 0.6) is 0 Å². The van der Waals surface area contributed by atoms with Gasteiger partial charge < -0.3 is 10.6 Å². The molecule has 6 nitrogen and oxygen atoms in total. The summed E-state index contributed by atoms with van der Waals surface area (Å²) >= 11 is 0. The van der Waals surface area contributed by atoms with Crippen LogP contribution in [0, 0.1) is 5.92 Å². The molecule has 0 atom stereocenters. The molecular formula is C16H34N4O2S. The number of guanidine groups is 1. The number of sulfonamides is 1. The Morgan fingerprint density at radius 3 is 2.43 bits per heavy atom. The van der Waals surface area contributed by atoms with E-state index < -0.39 is 10.0 Å². The number of nitrogens with zero attached hydrogens (tertiary/aromatic N) is 2. The molecule has 0 radical (unpaired) electrons. The summed E-state index contributed by atoms with van der Waals surface area (Å²) in [6, 6.07) is 0.507. The molecule has 1 aliphatic rings. The largest absolute Gasteiger partial charge is 0.357 e. The number of aliphatic imine (C=N–C) groups is 1. The van der Waals surface area contributed by atoms with Crippen LogP contribution in [0.2, 0.25) is 0 Å². The van der Waals surface area contributed by atoms with Crippen LogP contribution >= 0.6 is 0 Å². The van der Waals surface area contributed by atoms with E-state index in [0.29, 0.717) is 19.1 Å². The molecule has 1 aliphatic carbocycles. The zero-order valence-corrected chi connectivity index (χ0v) is 16.0. The molecule has 0 aliphatic heterocycles. The van der Waals surface area contributed by atoms with Gasteiger partial charge in [-0.25, -0.2) is 12.7 Å². The SMILES string of the molecule is CCNC(=NCCCN(C)S(=O)(=O)CC)NC1CCC(C)CC1. The Balaban J connectivity index is 2.40. The summed E-state index contributed by atoms with van der Waals surface area (Å²) in [6.07, 6.45) is 5.67. The van der Waals surface area contributed by atoms with Gasteiger partial charge in [0.05, 0.1) is 5.75 Å². The molecule has 23 heavy (non-hydrogen) atoms. The van der Waals surface area contributed by atoms with Crippen LogP contribution in [0.15, 0.2) is 4.99 Å². The van der Waals surface area contributed by atoms with Gasteiger partial charge in [-0.2, -0.15) is 0 Å². The molecule has 0 amide bonds. The third kappa shape index (κ3) is 7.52. The van der Waals surface area contributed by atoms with Gasteiger partial charge in [-0.3, -0.25) is 4.99 Å². The number of hydrogen-bond acceptors (Lipinski definition) is 3. The van der Waals surface area contributed by atoms with E-state index in [1.165, 1.54) is 30.0 Å². The van der Waals surface area contributed by atoms with Gasteiger partial charge in [0.15, 0.2) is 5.96 Å². The Labute approximate surface area is 142 Å². The third-order valence-corrected chi connectivity index (χ3v) is 6.30. The van der Waals surface area contributed by atoms with Gasteiger partial charge >= 0.3 is 0 Å². The first-order valence-electron chi connectivity index (χ1n) is 8.87.